The van der Waals surface area contributed by atoms with Crippen molar-refractivity contribution in [2.75, 3.05) is 19.5 Å². The zero-order valence-corrected chi connectivity index (χ0v) is 33.0. The van der Waals surface area contributed by atoms with Gasteiger partial charge in [-0.25, -0.2) is 29.8 Å². The highest BCUT2D eigenvalue weighted by Crippen LogP contribution is 2.24. The molecule has 3 N–H and O–H groups in total. The van der Waals surface area contributed by atoms with Gasteiger partial charge < -0.3 is 15.5 Å². The smallest absolute Gasteiger partial charge is 0.338 e. The predicted octanol–water partition coefficient (Wildman–Crippen LogP) is 7.58. The Balaban J connectivity index is 0.000000249. The molecule has 13 nitrogen and oxygen atoms in total. The number of carbonyl (C=O) groups is 4. The van der Waals surface area contributed by atoms with Gasteiger partial charge in [-0.2, -0.15) is 0 Å². The topological polar surface area (TPSA) is 185 Å². The number of anilines is 1. The number of pyridine rings is 4. The number of nitrogens with one attached hydrogen (secondary N) is 1. The lowest BCUT2D eigenvalue weighted by molar-refractivity contribution is -0.0757. The van der Waals surface area contributed by atoms with Gasteiger partial charge in [-0.05, 0) is 109 Å². The van der Waals surface area contributed by atoms with Crippen molar-refractivity contribution in [1.82, 2.24) is 25.0 Å². The minimum Gasteiger partial charge on any atom is -0.478 e. The molecule has 1 saturated carbocycles. The second kappa shape index (κ2) is 21.2. The van der Waals surface area contributed by atoms with Crippen molar-refractivity contribution in [3.63, 3.8) is 0 Å². The lowest BCUT2D eigenvalue weighted by Crippen LogP contribution is -2.29. The fourth-order valence-corrected chi connectivity index (χ4v) is 5.53. The van der Waals surface area contributed by atoms with Crippen LogP contribution >= 0.6 is 34.8 Å². The number of aromatic nitrogens is 4. The predicted molar refractivity (Wildman–Crippen MR) is 204 cm³/mol. The average Bonchev–Trinajstić information content (AvgIpc) is 3.48. The first-order chi connectivity index (χ1) is 24.9. The van der Waals surface area contributed by atoms with Gasteiger partial charge in [0.2, 0.25) is 0 Å². The van der Waals surface area contributed by atoms with E-state index < -0.39 is 5.97 Å². The maximum absolute atomic E-state index is 11.6. The second-order valence-electron chi connectivity index (χ2n) is 11.9. The van der Waals surface area contributed by atoms with Crippen LogP contribution in [0.3, 0.4) is 0 Å². The number of ketones is 2. The summed E-state index contributed by atoms with van der Waals surface area (Å²) < 4.78 is 0. The number of hydrogen-bond donors (Lipinski definition) is 3. The molecule has 0 unspecified atom stereocenters. The standard InChI is InChI=1S/C13H18N2O2.C9H11ClN2O2.C8H8ClNO.C7H6ClNO2/c1-8-6-7-10(9(2)16)13(14-8)15-11-4-3-5-12(11)17;1-6-4-5-7(8(10)11-6)9(13)12(2)14-3;1-5-3-4-7(6(2)11)8(9)10-5;1-4-2-3-5(7(10)11)6(8)9-4/h6-7,11-12,17H,3-5H2,1-2H3,(H,14,15);4-5H,1-3H3;3-4H,1-2H3;2-3H,1H3,(H,10,11)/t11-,12-;;;/m1.../s1. The van der Waals surface area contributed by atoms with Crippen molar-refractivity contribution in [3.05, 3.63) is 109 Å². The minimum atomic E-state index is -1.05. The minimum absolute atomic E-state index is 0.00696. The molecule has 1 amide bonds. The molecule has 53 heavy (non-hydrogen) atoms. The fourth-order valence-electron chi connectivity index (χ4n) is 4.64. The van der Waals surface area contributed by atoms with Gasteiger partial charge in [0.25, 0.3) is 5.91 Å². The molecule has 1 aliphatic carbocycles. The van der Waals surface area contributed by atoms with Crippen LogP contribution in [0.15, 0.2) is 48.5 Å². The van der Waals surface area contributed by atoms with Crippen molar-refractivity contribution < 1.29 is 34.2 Å². The summed E-state index contributed by atoms with van der Waals surface area (Å²) in [7, 11) is 2.92. The first-order valence-electron chi connectivity index (χ1n) is 16.2. The van der Waals surface area contributed by atoms with Crippen LogP contribution in [0.2, 0.25) is 15.5 Å². The largest absolute Gasteiger partial charge is 0.478 e. The summed E-state index contributed by atoms with van der Waals surface area (Å²) in [6, 6.07) is 13.5. The maximum Gasteiger partial charge on any atom is 0.338 e. The Morgan fingerprint density at radius 3 is 1.49 bits per heavy atom. The van der Waals surface area contributed by atoms with E-state index in [1.54, 1.807) is 50.2 Å². The van der Waals surface area contributed by atoms with E-state index in [1.807, 2.05) is 19.9 Å². The molecule has 0 aromatic carbocycles. The van der Waals surface area contributed by atoms with Gasteiger partial charge in [0, 0.05) is 29.8 Å². The SMILES string of the molecule is CC(=O)c1ccc(C)nc1Cl.CC(=O)c1ccc(C)nc1N[C@@H]1CCC[C@H]1O.CON(C)C(=O)c1ccc(C)nc1Cl.Cc1ccc(C(=O)O)c(Cl)n1. The van der Waals surface area contributed by atoms with Gasteiger partial charge >= 0.3 is 5.97 Å². The number of halogens is 3. The highest BCUT2D eigenvalue weighted by molar-refractivity contribution is 6.33. The molecule has 0 bridgehead atoms. The molecule has 4 heterocycles. The van der Waals surface area contributed by atoms with E-state index in [9.17, 15) is 24.3 Å². The zero-order valence-electron chi connectivity index (χ0n) is 30.7. The van der Waals surface area contributed by atoms with Crippen LogP contribution in [0, 0.1) is 27.7 Å². The van der Waals surface area contributed by atoms with E-state index >= 15 is 0 Å². The number of nitrogens with zero attached hydrogens (tertiary/aromatic N) is 5. The second-order valence-corrected chi connectivity index (χ2v) is 12.9. The Bertz CT molecular complexity index is 1870. The summed E-state index contributed by atoms with van der Waals surface area (Å²) in [5, 5.41) is 23.1. The lowest BCUT2D eigenvalue weighted by atomic mass is 10.1. The monoisotopic (exact) mass is 788 g/mol. The van der Waals surface area contributed by atoms with Crippen molar-refractivity contribution in [2.24, 2.45) is 0 Å². The zero-order chi connectivity index (χ0) is 40.0. The summed E-state index contributed by atoms with van der Waals surface area (Å²) in [4.78, 5) is 65.1. The third-order valence-electron chi connectivity index (χ3n) is 7.58. The molecule has 284 valence electrons. The summed E-state index contributed by atoms with van der Waals surface area (Å²) in [6.45, 7) is 10.3. The van der Waals surface area contributed by atoms with E-state index in [0.29, 0.717) is 28.2 Å². The maximum atomic E-state index is 11.6. The van der Waals surface area contributed by atoms with Crippen LogP contribution < -0.4 is 5.32 Å². The third-order valence-corrected chi connectivity index (χ3v) is 8.44. The summed E-state index contributed by atoms with van der Waals surface area (Å²) in [5.74, 6) is -0.828. The molecule has 4 aromatic rings. The molecular formula is C37H43Cl3N6O7. The Labute approximate surface area is 323 Å². The van der Waals surface area contributed by atoms with Crippen LogP contribution in [0.25, 0.3) is 0 Å². The van der Waals surface area contributed by atoms with Gasteiger partial charge in [0.15, 0.2) is 11.6 Å². The molecule has 2 atom stereocenters. The number of hydrogen-bond acceptors (Lipinski definition) is 11. The van der Waals surface area contributed by atoms with Crippen LogP contribution in [-0.2, 0) is 4.84 Å². The molecular weight excluding hydrogens is 747 g/mol. The molecule has 1 fully saturated rings. The molecule has 5 rings (SSSR count). The molecule has 4 aromatic heterocycles. The van der Waals surface area contributed by atoms with Crippen molar-refractivity contribution >= 4 is 64.1 Å². The molecule has 0 radical (unpaired) electrons. The molecule has 0 aliphatic heterocycles. The number of Topliss-reactive ketones (excluding diaryl/α,β-unsaturated/α-hetero) is 2. The lowest BCUT2D eigenvalue weighted by Gasteiger charge is -2.19. The Morgan fingerprint density at radius 1 is 0.698 bits per heavy atom. The van der Waals surface area contributed by atoms with Crippen LogP contribution in [0.4, 0.5) is 5.82 Å². The Hall–Kier alpha value is -4.53. The molecule has 1 aliphatic rings. The number of carboxylic acid groups (broad SMARTS) is 1. The number of carbonyl (C=O) groups excluding carboxylic acids is 3. The van der Waals surface area contributed by atoms with Crippen LogP contribution in [0.1, 0.15) is 97.3 Å². The van der Waals surface area contributed by atoms with Crippen LogP contribution in [0.5, 0.6) is 0 Å². The molecule has 16 heteroatoms. The van der Waals surface area contributed by atoms with Gasteiger partial charge in [0.1, 0.15) is 21.3 Å². The highest BCUT2D eigenvalue weighted by atomic mass is 35.5. The fraction of sp³-hybridized carbons (Fsp3) is 0.351. The quantitative estimate of drug-likeness (QED) is 0.0949. The normalized spacial score (nSPS) is 14.3. The number of carboxylic acids is 1. The van der Waals surface area contributed by atoms with Gasteiger partial charge in [-0.3, -0.25) is 19.2 Å². The first-order valence-corrected chi connectivity index (χ1v) is 17.4. The number of aromatic carboxylic acids is 1. The van der Waals surface area contributed by atoms with Crippen LogP contribution in [-0.4, -0.2) is 85.0 Å². The average molecular weight is 790 g/mol. The van der Waals surface area contributed by atoms with Gasteiger partial charge in [-0.15, -0.1) is 0 Å². The summed E-state index contributed by atoms with van der Waals surface area (Å²) in [5.41, 5.74) is 4.61. The number of aliphatic hydroxyl groups is 1. The molecule has 0 spiro atoms. The van der Waals surface area contributed by atoms with Crippen molar-refractivity contribution in [1.29, 1.82) is 0 Å². The Morgan fingerprint density at radius 2 is 1.11 bits per heavy atom. The van der Waals surface area contributed by atoms with E-state index in [1.165, 1.54) is 34.1 Å². The highest BCUT2D eigenvalue weighted by Gasteiger charge is 2.26. The van der Waals surface area contributed by atoms with E-state index in [4.69, 9.17) is 44.7 Å². The third kappa shape index (κ3) is 14.1. The Kier molecular flexibility index (Phi) is 17.9. The summed E-state index contributed by atoms with van der Waals surface area (Å²) in [6.07, 6.45) is 2.42. The number of aryl methyl sites for hydroxylation is 4. The van der Waals surface area contributed by atoms with E-state index in [0.717, 1.165) is 41.4 Å². The molecule has 0 saturated heterocycles. The number of rotatable bonds is 7. The van der Waals surface area contributed by atoms with E-state index in [2.05, 4.69) is 25.3 Å². The first kappa shape index (κ1) is 44.6. The van der Waals surface area contributed by atoms with E-state index in [-0.39, 0.29) is 50.6 Å². The summed E-state index contributed by atoms with van der Waals surface area (Å²) >= 11 is 17.0. The van der Waals surface area contributed by atoms with Crippen molar-refractivity contribution in [3.8, 4) is 0 Å². The number of aliphatic hydroxyl groups excluding tert-OH is 1. The van der Waals surface area contributed by atoms with Crippen molar-refractivity contribution in [2.45, 2.75) is 73.0 Å². The number of amides is 1. The van der Waals surface area contributed by atoms with Gasteiger partial charge in [-0.1, -0.05) is 34.8 Å². The van der Waals surface area contributed by atoms with Gasteiger partial charge in [0.05, 0.1) is 41.5 Å². The number of hydroxylamine groups is 2.